The number of rotatable bonds is 7. The van der Waals surface area contributed by atoms with Gasteiger partial charge in [-0.05, 0) is 50.6 Å². The molecule has 2 heterocycles. The number of likely N-dealkylation sites (tertiary alicyclic amines) is 1. The quantitative estimate of drug-likeness (QED) is 0.820. The number of nitrogens with one attached hydrogen (secondary N) is 2. The molecule has 1 aliphatic rings. The first-order valence-electron chi connectivity index (χ1n) is 8.85. The predicted octanol–water partition coefficient (Wildman–Crippen LogP) is 3.04. The van der Waals surface area contributed by atoms with Gasteiger partial charge in [-0.25, -0.2) is 0 Å². The Morgan fingerprint density at radius 1 is 1.21 bits per heavy atom. The Balaban J connectivity index is 1.67. The first-order valence-corrected chi connectivity index (χ1v) is 8.85. The van der Waals surface area contributed by atoms with E-state index in [2.05, 4.69) is 51.6 Å². The summed E-state index contributed by atoms with van der Waals surface area (Å²) in [6.45, 7) is 6.22. The van der Waals surface area contributed by atoms with Crippen molar-refractivity contribution in [2.75, 3.05) is 26.7 Å². The van der Waals surface area contributed by atoms with Crippen molar-refractivity contribution in [2.24, 2.45) is 0 Å². The van der Waals surface area contributed by atoms with Crippen LogP contribution in [-0.2, 0) is 6.54 Å². The van der Waals surface area contributed by atoms with Crippen molar-refractivity contribution in [3.63, 3.8) is 0 Å². The Morgan fingerprint density at radius 3 is 2.58 bits per heavy atom. The summed E-state index contributed by atoms with van der Waals surface area (Å²) in [7, 11) is 1.71. The molecule has 0 saturated carbocycles. The van der Waals surface area contributed by atoms with Gasteiger partial charge in [-0.3, -0.25) is 10.00 Å². The van der Waals surface area contributed by atoms with E-state index in [0.717, 1.165) is 24.5 Å². The van der Waals surface area contributed by atoms with Gasteiger partial charge in [0.25, 0.3) is 0 Å². The Bertz CT molecular complexity index is 617. The highest BCUT2D eigenvalue weighted by atomic mass is 16.5. The summed E-state index contributed by atoms with van der Waals surface area (Å²) >= 11 is 0. The van der Waals surface area contributed by atoms with Crippen LogP contribution in [0.3, 0.4) is 0 Å². The highest BCUT2D eigenvalue weighted by molar-refractivity contribution is 5.29. The summed E-state index contributed by atoms with van der Waals surface area (Å²) in [6.07, 6.45) is 5.86. The van der Waals surface area contributed by atoms with E-state index in [1.54, 1.807) is 7.11 Å². The summed E-state index contributed by atoms with van der Waals surface area (Å²) in [6, 6.07) is 8.92. The van der Waals surface area contributed by atoms with Crippen LogP contribution in [0.5, 0.6) is 5.75 Å². The fraction of sp³-hybridized carbons (Fsp3) is 0.526. The second-order valence-corrected chi connectivity index (χ2v) is 6.54. The molecule has 1 aromatic carbocycles. The summed E-state index contributed by atoms with van der Waals surface area (Å²) in [5, 5.41) is 10.7. The molecule has 1 atom stereocenters. The maximum Gasteiger partial charge on any atom is 0.118 e. The molecule has 5 nitrogen and oxygen atoms in total. The number of hydrogen-bond donors (Lipinski definition) is 2. The molecule has 5 heteroatoms. The molecule has 1 aromatic heterocycles. The monoisotopic (exact) mass is 328 g/mol. The number of piperidine rings is 1. The lowest BCUT2D eigenvalue weighted by Crippen LogP contribution is -2.39. The second-order valence-electron chi connectivity index (χ2n) is 6.54. The van der Waals surface area contributed by atoms with Crippen LogP contribution in [-0.4, -0.2) is 41.8 Å². The van der Waals surface area contributed by atoms with Gasteiger partial charge in [0.1, 0.15) is 5.75 Å². The lowest BCUT2D eigenvalue weighted by Gasteiger charge is -2.35. The number of aromatic amines is 1. The topological polar surface area (TPSA) is 53.2 Å². The first-order chi connectivity index (χ1) is 11.8. The average Bonchev–Trinajstić information content (AvgIpc) is 3.05. The molecule has 1 aliphatic heterocycles. The number of aromatic nitrogens is 2. The molecule has 24 heavy (non-hydrogen) atoms. The van der Waals surface area contributed by atoms with Gasteiger partial charge < -0.3 is 10.1 Å². The van der Waals surface area contributed by atoms with Gasteiger partial charge in [-0.15, -0.1) is 0 Å². The van der Waals surface area contributed by atoms with E-state index in [1.807, 2.05) is 6.20 Å². The van der Waals surface area contributed by atoms with Crippen molar-refractivity contribution >= 4 is 0 Å². The molecular formula is C19H28N4O. The number of nitrogens with zero attached hydrogens (tertiary/aromatic N) is 2. The van der Waals surface area contributed by atoms with Crippen molar-refractivity contribution < 1.29 is 4.74 Å². The first kappa shape index (κ1) is 17.0. The third-order valence-corrected chi connectivity index (χ3v) is 4.92. The van der Waals surface area contributed by atoms with Gasteiger partial charge in [0.2, 0.25) is 0 Å². The molecule has 1 unspecified atom stereocenters. The van der Waals surface area contributed by atoms with E-state index in [4.69, 9.17) is 4.74 Å². The second kappa shape index (κ2) is 8.31. The number of aryl methyl sites for hydroxylation is 1. The Morgan fingerprint density at radius 2 is 1.96 bits per heavy atom. The summed E-state index contributed by atoms with van der Waals surface area (Å²) < 4.78 is 5.30. The van der Waals surface area contributed by atoms with Crippen LogP contribution in [0.25, 0.3) is 0 Å². The zero-order chi connectivity index (χ0) is 16.8. The number of methoxy groups -OCH3 is 1. The van der Waals surface area contributed by atoms with E-state index in [0.29, 0.717) is 6.04 Å². The van der Waals surface area contributed by atoms with Crippen molar-refractivity contribution in [3.8, 4) is 5.75 Å². The summed E-state index contributed by atoms with van der Waals surface area (Å²) in [5.41, 5.74) is 3.73. The van der Waals surface area contributed by atoms with Crippen molar-refractivity contribution in [1.82, 2.24) is 20.4 Å². The molecule has 0 bridgehead atoms. The number of H-pyrrole nitrogens is 1. The van der Waals surface area contributed by atoms with Crippen LogP contribution in [0, 0.1) is 6.92 Å². The Hall–Kier alpha value is -1.85. The fourth-order valence-corrected chi connectivity index (χ4v) is 3.41. The van der Waals surface area contributed by atoms with E-state index >= 15 is 0 Å². The largest absolute Gasteiger partial charge is 0.497 e. The van der Waals surface area contributed by atoms with Gasteiger partial charge >= 0.3 is 0 Å². The molecule has 130 valence electrons. The zero-order valence-electron chi connectivity index (χ0n) is 14.7. The van der Waals surface area contributed by atoms with E-state index in [-0.39, 0.29) is 0 Å². The lowest BCUT2D eigenvalue weighted by molar-refractivity contribution is 0.160. The average molecular weight is 328 g/mol. The van der Waals surface area contributed by atoms with Crippen LogP contribution < -0.4 is 10.1 Å². The molecular weight excluding hydrogens is 300 g/mol. The maximum absolute atomic E-state index is 5.30. The van der Waals surface area contributed by atoms with Crippen LogP contribution >= 0.6 is 0 Å². The molecule has 0 radical (unpaired) electrons. The predicted molar refractivity (Wildman–Crippen MR) is 96.2 cm³/mol. The molecule has 1 saturated heterocycles. The van der Waals surface area contributed by atoms with Gasteiger partial charge in [0.15, 0.2) is 0 Å². The molecule has 0 amide bonds. The van der Waals surface area contributed by atoms with Crippen molar-refractivity contribution in [2.45, 2.75) is 38.8 Å². The molecule has 1 fully saturated rings. The van der Waals surface area contributed by atoms with Gasteiger partial charge in [-0.2, -0.15) is 5.10 Å². The van der Waals surface area contributed by atoms with Gasteiger partial charge in [0.05, 0.1) is 13.3 Å². The summed E-state index contributed by atoms with van der Waals surface area (Å²) in [4.78, 5) is 2.61. The number of hydrogen-bond acceptors (Lipinski definition) is 4. The molecule has 2 aromatic rings. The SMILES string of the molecule is COc1ccc(C(CNCc2cn[nH]c2C)N2CCCCC2)cc1. The fourth-order valence-electron chi connectivity index (χ4n) is 3.41. The minimum Gasteiger partial charge on any atom is -0.497 e. The third kappa shape index (κ3) is 4.16. The van der Waals surface area contributed by atoms with Crippen molar-refractivity contribution in [3.05, 3.63) is 47.3 Å². The van der Waals surface area contributed by atoms with Crippen LogP contribution in [0.15, 0.2) is 30.5 Å². The van der Waals surface area contributed by atoms with Crippen LogP contribution in [0.4, 0.5) is 0 Å². The number of benzene rings is 1. The van der Waals surface area contributed by atoms with Gasteiger partial charge in [0, 0.05) is 30.4 Å². The maximum atomic E-state index is 5.30. The summed E-state index contributed by atoms with van der Waals surface area (Å²) in [5.74, 6) is 0.915. The highest BCUT2D eigenvalue weighted by Crippen LogP contribution is 2.26. The van der Waals surface area contributed by atoms with E-state index in [1.165, 1.54) is 43.5 Å². The molecule has 0 aliphatic carbocycles. The lowest BCUT2D eigenvalue weighted by atomic mass is 10.0. The molecule has 2 N–H and O–H groups in total. The van der Waals surface area contributed by atoms with Crippen molar-refractivity contribution in [1.29, 1.82) is 0 Å². The Kier molecular flexibility index (Phi) is 5.88. The normalized spacial score (nSPS) is 16.9. The zero-order valence-corrected chi connectivity index (χ0v) is 14.7. The smallest absolute Gasteiger partial charge is 0.118 e. The number of ether oxygens (including phenoxy) is 1. The molecule has 0 spiro atoms. The van der Waals surface area contributed by atoms with Crippen LogP contribution in [0.1, 0.15) is 42.1 Å². The minimum absolute atomic E-state index is 0.406. The minimum atomic E-state index is 0.406. The highest BCUT2D eigenvalue weighted by Gasteiger charge is 2.22. The Labute approximate surface area is 144 Å². The van der Waals surface area contributed by atoms with E-state index in [9.17, 15) is 0 Å². The van der Waals surface area contributed by atoms with Gasteiger partial charge in [-0.1, -0.05) is 18.6 Å². The van der Waals surface area contributed by atoms with E-state index < -0.39 is 0 Å². The van der Waals surface area contributed by atoms with Crippen LogP contribution in [0.2, 0.25) is 0 Å². The standard InChI is InChI=1S/C19H28N4O/c1-15-17(13-21-22-15)12-20-14-19(23-10-4-3-5-11-23)16-6-8-18(24-2)9-7-16/h6-9,13,19-20H,3-5,10-12,14H2,1-2H3,(H,21,22). The molecule has 3 rings (SSSR count). The third-order valence-electron chi connectivity index (χ3n) is 4.92.